The number of rotatable bonds is 2. The lowest BCUT2D eigenvalue weighted by atomic mass is 9.71. The van der Waals surface area contributed by atoms with Gasteiger partial charge in [0, 0.05) is 6.42 Å². The van der Waals surface area contributed by atoms with E-state index >= 15 is 0 Å². The van der Waals surface area contributed by atoms with E-state index in [1.807, 2.05) is 0 Å². The molecule has 0 aromatic carbocycles. The molecule has 1 aliphatic rings. The van der Waals surface area contributed by atoms with Crippen molar-refractivity contribution in [2.24, 2.45) is 11.3 Å². The topological polar surface area (TPSA) is 17.1 Å². The van der Waals surface area contributed by atoms with Crippen LogP contribution in [-0.2, 0) is 4.79 Å². The number of carbonyl (C=O) groups is 1. The fourth-order valence-electron chi connectivity index (χ4n) is 2.41. The van der Waals surface area contributed by atoms with E-state index in [9.17, 15) is 18.0 Å². The third-order valence-electron chi connectivity index (χ3n) is 3.10. The predicted octanol–water partition coefficient (Wildman–Crippen LogP) is 3.72. The van der Waals surface area contributed by atoms with Crippen LogP contribution in [0.5, 0.6) is 0 Å². The molecular formula is C11H17F3O. The van der Waals surface area contributed by atoms with E-state index in [2.05, 4.69) is 13.8 Å². The van der Waals surface area contributed by atoms with Crippen molar-refractivity contribution in [2.45, 2.75) is 52.1 Å². The average molecular weight is 222 g/mol. The van der Waals surface area contributed by atoms with Crippen LogP contribution in [0.2, 0.25) is 0 Å². The Morgan fingerprint density at radius 1 is 1.40 bits per heavy atom. The molecule has 1 rings (SSSR count). The van der Waals surface area contributed by atoms with E-state index in [-0.39, 0.29) is 17.8 Å². The van der Waals surface area contributed by atoms with Gasteiger partial charge in [0.25, 0.3) is 0 Å². The second-order valence-electron chi connectivity index (χ2n) is 5.25. The van der Waals surface area contributed by atoms with Gasteiger partial charge in [-0.15, -0.1) is 0 Å². The zero-order valence-electron chi connectivity index (χ0n) is 9.16. The lowest BCUT2D eigenvalue weighted by Crippen LogP contribution is -2.29. The number of carbonyl (C=O) groups excluding carboxylic acids is 1. The first kappa shape index (κ1) is 12.5. The number of hydrogen-bond acceptors (Lipinski definition) is 1. The fraction of sp³-hybridized carbons (Fsp3) is 0.909. The van der Waals surface area contributed by atoms with Crippen LogP contribution in [0.1, 0.15) is 46.0 Å². The standard InChI is InChI=1S/C11H17F3O/c1-10(2)5-3-4-8(7-10)6-9(15)11(12,13)14/h8H,3-7H2,1-2H3. The van der Waals surface area contributed by atoms with E-state index in [4.69, 9.17) is 0 Å². The van der Waals surface area contributed by atoms with Crippen molar-refractivity contribution in [3.8, 4) is 0 Å². The lowest BCUT2D eigenvalue weighted by Gasteiger charge is -2.35. The summed E-state index contributed by atoms with van der Waals surface area (Å²) in [5, 5.41) is 0. The van der Waals surface area contributed by atoms with Gasteiger partial charge in [-0.1, -0.05) is 20.3 Å². The molecule has 0 saturated heterocycles. The molecule has 0 bridgehead atoms. The molecule has 4 heteroatoms. The lowest BCUT2D eigenvalue weighted by molar-refractivity contribution is -0.172. The highest BCUT2D eigenvalue weighted by molar-refractivity contribution is 5.84. The van der Waals surface area contributed by atoms with Gasteiger partial charge in [-0.05, 0) is 30.6 Å². The summed E-state index contributed by atoms with van der Waals surface area (Å²) in [6.07, 6.45) is -1.51. The van der Waals surface area contributed by atoms with Gasteiger partial charge in [0.2, 0.25) is 5.78 Å². The first-order chi connectivity index (χ1) is 6.71. The van der Waals surface area contributed by atoms with Crippen molar-refractivity contribution in [3.63, 3.8) is 0 Å². The zero-order valence-corrected chi connectivity index (χ0v) is 9.16. The molecule has 0 radical (unpaired) electrons. The largest absolute Gasteiger partial charge is 0.449 e. The Morgan fingerprint density at radius 3 is 2.47 bits per heavy atom. The van der Waals surface area contributed by atoms with Gasteiger partial charge in [0.05, 0.1) is 0 Å². The second-order valence-corrected chi connectivity index (χ2v) is 5.25. The fourth-order valence-corrected chi connectivity index (χ4v) is 2.41. The molecule has 88 valence electrons. The normalized spacial score (nSPS) is 26.3. The molecule has 0 aliphatic heterocycles. The quantitative estimate of drug-likeness (QED) is 0.695. The monoisotopic (exact) mass is 222 g/mol. The van der Waals surface area contributed by atoms with Crippen LogP contribution in [0.3, 0.4) is 0 Å². The highest BCUT2D eigenvalue weighted by Gasteiger charge is 2.40. The van der Waals surface area contributed by atoms with Gasteiger partial charge in [0.1, 0.15) is 0 Å². The molecule has 0 spiro atoms. The highest BCUT2D eigenvalue weighted by atomic mass is 19.4. The second kappa shape index (κ2) is 4.14. The van der Waals surface area contributed by atoms with Crippen molar-refractivity contribution >= 4 is 5.78 Å². The first-order valence-electron chi connectivity index (χ1n) is 5.31. The van der Waals surface area contributed by atoms with Crippen LogP contribution in [0.4, 0.5) is 13.2 Å². The Hall–Kier alpha value is -0.540. The molecule has 1 saturated carbocycles. The summed E-state index contributed by atoms with van der Waals surface area (Å²) in [6.45, 7) is 4.11. The number of Topliss-reactive ketones (excluding diaryl/α,β-unsaturated/α-hetero) is 1. The van der Waals surface area contributed by atoms with Crippen molar-refractivity contribution < 1.29 is 18.0 Å². The third kappa shape index (κ3) is 3.84. The van der Waals surface area contributed by atoms with Gasteiger partial charge >= 0.3 is 6.18 Å². The maximum atomic E-state index is 12.0. The van der Waals surface area contributed by atoms with Crippen molar-refractivity contribution in [1.82, 2.24) is 0 Å². The van der Waals surface area contributed by atoms with Crippen LogP contribution >= 0.6 is 0 Å². The number of halogens is 3. The Kier molecular flexibility index (Phi) is 3.46. The van der Waals surface area contributed by atoms with Crippen molar-refractivity contribution in [1.29, 1.82) is 0 Å². The van der Waals surface area contributed by atoms with Gasteiger partial charge in [-0.25, -0.2) is 0 Å². The molecule has 0 amide bonds. The molecule has 0 aromatic heterocycles. The van der Waals surface area contributed by atoms with Crippen molar-refractivity contribution in [3.05, 3.63) is 0 Å². The minimum Gasteiger partial charge on any atom is -0.290 e. The molecule has 1 nitrogen and oxygen atoms in total. The molecular weight excluding hydrogens is 205 g/mol. The van der Waals surface area contributed by atoms with Crippen LogP contribution in [0.15, 0.2) is 0 Å². The Bertz CT molecular complexity index is 243. The summed E-state index contributed by atoms with van der Waals surface area (Å²) in [6, 6.07) is 0. The number of ketones is 1. The summed E-state index contributed by atoms with van der Waals surface area (Å²) >= 11 is 0. The molecule has 0 heterocycles. The highest BCUT2D eigenvalue weighted by Crippen LogP contribution is 2.40. The van der Waals surface area contributed by atoms with E-state index in [0.717, 1.165) is 25.7 Å². The number of hydrogen-bond donors (Lipinski definition) is 0. The van der Waals surface area contributed by atoms with E-state index in [1.54, 1.807) is 0 Å². The summed E-state index contributed by atoms with van der Waals surface area (Å²) in [4.78, 5) is 10.8. The summed E-state index contributed by atoms with van der Waals surface area (Å²) < 4.78 is 36.1. The van der Waals surface area contributed by atoms with Gasteiger partial charge in [0.15, 0.2) is 0 Å². The van der Waals surface area contributed by atoms with Gasteiger partial charge < -0.3 is 0 Å². The maximum absolute atomic E-state index is 12.0. The molecule has 1 fully saturated rings. The molecule has 1 aliphatic carbocycles. The number of alkyl halides is 3. The van der Waals surface area contributed by atoms with E-state index in [0.29, 0.717) is 0 Å². The smallest absolute Gasteiger partial charge is 0.290 e. The maximum Gasteiger partial charge on any atom is 0.449 e. The molecule has 15 heavy (non-hydrogen) atoms. The zero-order chi connectivity index (χ0) is 11.7. The van der Waals surface area contributed by atoms with Crippen LogP contribution < -0.4 is 0 Å². The molecule has 1 unspecified atom stereocenters. The molecule has 0 N–H and O–H groups in total. The Labute approximate surface area is 88.0 Å². The Balaban J connectivity index is 2.49. The first-order valence-corrected chi connectivity index (χ1v) is 5.31. The van der Waals surface area contributed by atoms with Gasteiger partial charge in [-0.2, -0.15) is 13.2 Å². The summed E-state index contributed by atoms with van der Waals surface area (Å²) in [7, 11) is 0. The molecule has 0 aromatic rings. The minimum atomic E-state index is -4.65. The average Bonchev–Trinajstić information content (AvgIpc) is 2.00. The SMILES string of the molecule is CC1(C)CCCC(CC(=O)C(F)(F)F)C1. The third-order valence-corrected chi connectivity index (χ3v) is 3.10. The summed E-state index contributed by atoms with van der Waals surface area (Å²) in [5.41, 5.74) is 0.0921. The van der Waals surface area contributed by atoms with E-state index < -0.39 is 12.0 Å². The molecule has 1 atom stereocenters. The predicted molar refractivity (Wildman–Crippen MR) is 51.4 cm³/mol. The van der Waals surface area contributed by atoms with Crippen LogP contribution in [0, 0.1) is 11.3 Å². The van der Waals surface area contributed by atoms with Gasteiger partial charge in [-0.3, -0.25) is 4.79 Å². The van der Waals surface area contributed by atoms with Crippen LogP contribution in [0.25, 0.3) is 0 Å². The summed E-state index contributed by atoms with van der Waals surface area (Å²) in [5.74, 6) is -1.65. The van der Waals surface area contributed by atoms with E-state index in [1.165, 1.54) is 0 Å². The Morgan fingerprint density at radius 2 is 2.00 bits per heavy atom. The minimum absolute atomic E-state index is 0.0807. The van der Waals surface area contributed by atoms with Crippen LogP contribution in [-0.4, -0.2) is 12.0 Å². The van der Waals surface area contributed by atoms with Crippen molar-refractivity contribution in [2.75, 3.05) is 0 Å².